The molecule has 15 nitrogen and oxygen atoms in total. The lowest BCUT2D eigenvalue weighted by Crippen LogP contribution is -2.59. The van der Waals surface area contributed by atoms with Crippen LogP contribution in [0.15, 0.2) is 67.3 Å². The number of carbonyl (C=O) groups is 4. The molecule has 0 spiro atoms. The number of rotatable bonds is 16. The molecule has 2 saturated carbocycles. The third kappa shape index (κ3) is 9.33. The topological polar surface area (TPSA) is 192 Å². The third-order valence-electron chi connectivity index (χ3n) is 11.2. The molecule has 6 rings (SSSR count). The van der Waals surface area contributed by atoms with Crippen LogP contribution < -0.4 is 24.8 Å². The molecular weight excluding hydrogens is 779 g/mol. The molecule has 1 aliphatic heterocycles. The van der Waals surface area contributed by atoms with Gasteiger partial charge in [0.15, 0.2) is 0 Å². The molecule has 318 valence electrons. The smallest absolute Gasteiger partial charge is 0.408 e. The van der Waals surface area contributed by atoms with Gasteiger partial charge in [-0.1, -0.05) is 50.3 Å². The number of benzene rings is 2. The zero-order chi connectivity index (χ0) is 42.9. The van der Waals surface area contributed by atoms with Gasteiger partial charge in [0.05, 0.1) is 29.6 Å². The van der Waals surface area contributed by atoms with E-state index in [-0.39, 0.29) is 32.4 Å². The Morgan fingerprint density at radius 1 is 1.05 bits per heavy atom. The minimum absolute atomic E-state index is 0.00432. The van der Waals surface area contributed by atoms with Gasteiger partial charge in [-0.25, -0.2) is 18.2 Å². The molecule has 3 aliphatic rings. The molecule has 3 fully saturated rings. The normalized spacial score (nSPS) is 22.6. The number of pyridine rings is 1. The molecule has 3 N–H and O–H groups in total. The highest BCUT2D eigenvalue weighted by Gasteiger charge is 2.63. The fraction of sp³-hybridized carbons (Fsp3) is 0.512. The van der Waals surface area contributed by atoms with Crippen LogP contribution in [-0.2, 0) is 33.9 Å². The summed E-state index contributed by atoms with van der Waals surface area (Å²) < 4.78 is 50.9. The van der Waals surface area contributed by atoms with Crippen molar-refractivity contribution in [2.45, 2.75) is 101 Å². The first-order chi connectivity index (χ1) is 27.9. The number of alkyl carbamates (subject to hydrolysis) is 1. The average molecular weight is 834 g/mol. The quantitative estimate of drug-likeness (QED) is 0.167. The van der Waals surface area contributed by atoms with Crippen molar-refractivity contribution in [2.75, 3.05) is 27.4 Å². The predicted molar refractivity (Wildman–Crippen MR) is 221 cm³/mol. The number of fused-ring (bicyclic) bond motifs is 1. The number of nitrogens with zero attached hydrogens (tertiary/aromatic N) is 2. The molecule has 2 heterocycles. The van der Waals surface area contributed by atoms with Crippen molar-refractivity contribution in [2.24, 2.45) is 11.8 Å². The van der Waals surface area contributed by atoms with Gasteiger partial charge >= 0.3 is 6.09 Å². The number of carbonyl (C=O) groups excluding carboxylic acids is 4. The maximum atomic E-state index is 14.6. The van der Waals surface area contributed by atoms with Crippen molar-refractivity contribution in [1.82, 2.24) is 25.2 Å². The number of likely N-dealkylation sites (tertiary alicyclic amines) is 1. The number of sulfonamides is 1. The zero-order valence-electron chi connectivity index (χ0n) is 34.7. The molecule has 0 radical (unpaired) electrons. The first-order valence-corrected chi connectivity index (χ1v) is 21.4. The van der Waals surface area contributed by atoms with E-state index in [0.717, 1.165) is 5.56 Å². The summed E-state index contributed by atoms with van der Waals surface area (Å²) in [6.45, 7) is 12.6. The van der Waals surface area contributed by atoms with Crippen LogP contribution in [0.5, 0.6) is 11.5 Å². The van der Waals surface area contributed by atoms with Gasteiger partial charge < -0.3 is 34.5 Å². The number of nitrogens with one attached hydrogen (secondary N) is 3. The van der Waals surface area contributed by atoms with Crippen molar-refractivity contribution >= 4 is 44.7 Å². The molecule has 2 aliphatic carbocycles. The summed E-state index contributed by atoms with van der Waals surface area (Å²) in [5.74, 6) is -2.05. The number of amides is 4. The maximum absolute atomic E-state index is 14.6. The molecular formula is C43H55N5O10S. The minimum Gasteiger partial charge on any atom is -0.497 e. The third-order valence-corrected chi connectivity index (χ3v) is 13.4. The maximum Gasteiger partial charge on any atom is 0.408 e. The standard InChI is InChI=1S/C43H55N5O10S/c1-9-28-24-43(28,39(51)47-59(53,54)42(17-18-42)19-20-55-7)46-37(49)34-22-30(25-48(34)38(50)36(26(2)3)45-40(52)58-41(4,5)6)57-35-23-32(27-13-11-10-12-14-27)44-33-21-29(56-8)15-16-31(33)35/h9-16,21,23,26,28,30,34,36H,1,17-20,22,24-25H2,2-8H3,(H,45,52)(H,46,49)(H,47,51)/t28-,30+,34-,36-,43?/m0/s1. The van der Waals surface area contributed by atoms with Crippen LogP contribution in [0.2, 0.25) is 0 Å². The Balaban J connectivity index is 1.32. The second-order valence-electron chi connectivity index (χ2n) is 17.0. The summed E-state index contributed by atoms with van der Waals surface area (Å²) >= 11 is 0. The SMILES string of the molecule is C=C[C@H]1CC1(NC(=O)[C@@H]1C[C@@H](Oc2cc(-c3ccccc3)nc3cc(OC)ccc23)CN1C(=O)[C@@H](NC(=O)OC(C)(C)C)C(C)C)C(=O)NS(=O)(=O)C1(CCOC)CC1. The summed E-state index contributed by atoms with van der Waals surface area (Å²) in [6, 6.07) is 14.5. The summed E-state index contributed by atoms with van der Waals surface area (Å²) in [5.41, 5.74) is -0.381. The van der Waals surface area contributed by atoms with Gasteiger partial charge in [-0.2, -0.15) is 0 Å². The lowest BCUT2D eigenvalue weighted by molar-refractivity contribution is -0.141. The van der Waals surface area contributed by atoms with Gasteiger partial charge in [-0.3, -0.25) is 19.1 Å². The van der Waals surface area contributed by atoms with Gasteiger partial charge in [0, 0.05) is 49.1 Å². The molecule has 5 atom stereocenters. The minimum atomic E-state index is -4.12. The van der Waals surface area contributed by atoms with Gasteiger partial charge in [-0.05, 0) is 64.5 Å². The van der Waals surface area contributed by atoms with E-state index in [1.807, 2.05) is 42.5 Å². The molecule has 16 heteroatoms. The van der Waals surface area contributed by atoms with Crippen LogP contribution in [0.4, 0.5) is 4.79 Å². The zero-order valence-corrected chi connectivity index (χ0v) is 35.5. The van der Waals surface area contributed by atoms with Gasteiger partial charge in [0.2, 0.25) is 21.8 Å². The number of hydrogen-bond acceptors (Lipinski definition) is 11. The fourth-order valence-electron chi connectivity index (χ4n) is 7.58. The van der Waals surface area contributed by atoms with E-state index in [0.29, 0.717) is 40.9 Å². The largest absolute Gasteiger partial charge is 0.497 e. The average Bonchev–Trinajstić information content (AvgIpc) is 4.09. The van der Waals surface area contributed by atoms with Crippen molar-refractivity contribution < 1.29 is 46.5 Å². The number of ether oxygens (including phenoxy) is 4. The fourth-order valence-corrected chi connectivity index (χ4v) is 9.21. The number of methoxy groups -OCH3 is 2. The van der Waals surface area contributed by atoms with E-state index in [9.17, 15) is 27.6 Å². The van der Waals surface area contributed by atoms with E-state index < -0.39 is 79.7 Å². The van der Waals surface area contributed by atoms with Crippen molar-refractivity contribution in [3.8, 4) is 22.8 Å². The number of hydrogen-bond donors (Lipinski definition) is 3. The van der Waals surface area contributed by atoms with E-state index >= 15 is 0 Å². The number of aromatic nitrogens is 1. The summed E-state index contributed by atoms with van der Waals surface area (Å²) in [5, 5.41) is 6.20. The Kier molecular flexibility index (Phi) is 12.3. The van der Waals surface area contributed by atoms with Gasteiger partial charge in [0.25, 0.3) is 5.91 Å². The molecule has 59 heavy (non-hydrogen) atoms. The summed E-state index contributed by atoms with van der Waals surface area (Å²) in [4.78, 5) is 62.2. The van der Waals surface area contributed by atoms with Gasteiger partial charge in [0.1, 0.15) is 40.8 Å². The van der Waals surface area contributed by atoms with E-state index in [2.05, 4.69) is 21.9 Å². The van der Waals surface area contributed by atoms with Crippen LogP contribution in [-0.4, -0.2) is 104 Å². The van der Waals surface area contributed by atoms with Gasteiger partial charge in [-0.15, -0.1) is 6.58 Å². The molecule has 1 aromatic heterocycles. The summed E-state index contributed by atoms with van der Waals surface area (Å²) in [6.07, 6.45) is 1.06. The van der Waals surface area contributed by atoms with Crippen LogP contribution in [0.3, 0.4) is 0 Å². The molecule has 0 bridgehead atoms. The second-order valence-corrected chi connectivity index (χ2v) is 19.0. The van der Waals surface area contributed by atoms with E-state index in [1.54, 1.807) is 53.9 Å². The van der Waals surface area contributed by atoms with Crippen LogP contribution >= 0.6 is 0 Å². The Morgan fingerprint density at radius 3 is 2.36 bits per heavy atom. The highest BCUT2D eigenvalue weighted by Crippen LogP contribution is 2.49. The Bertz CT molecular complexity index is 2200. The summed E-state index contributed by atoms with van der Waals surface area (Å²) in [7, 11) is -1.08. The van der Waals surface area contributed by atoms with Crippen LogP contribution in [0.25, 0.3) is 22.2 Å². The first kappa shape index (κ1) is 43.4. The Hall–Kier alpha value is -5.22. The predicted octanol–water partition coefficient (Wildman–Crippen LogP) is 4.88. The Morgan fingerprint density at radius 2 is 1.76 bits per heavy atom. The first-order valence-electron chi connectivity index (χ1n) is 19.9. The van der Waals surface area contributed by atoms with Crippen molar-refractivity contribution in [1.29, 1.82) is 0 Å². The van der Waals surface area contributed by atoms with Crippen LogP contribution in [0, 0.1) is 11.8 Å². The van der Waals surface area contributed by atoms with E-state index in [4.69, 9.17) is 23.9 Å². The lowest BCUT2D eigenvalue weighted by atomic mass is 10.0. The van der Waals surface area contributed by atoms with Crippen LogP contribution in [0.1, 0.15) is 66.7 Å². The van der Waals surface area contributed by atoms with Crippen molar-refractivity contribution in [3.63, 3.8) is 0 Å². The molecule has 1 unspecified atom stereocenters. The van der Waals surface area contributed by atoms with E-state index in [1.165, 1.54) is 18.1 Å². The molecule has 4 amide bonds. The van der Waals surface area contributed by atoms with Crippen molar-refractivity contribution in [3.05, 3.63) is 67.3 Å². The molecule has 1 saturated heterocycles. The highest BCUT2D eigenvalue weighted by molar-refractivity contribution is 7.91. The lowest BCUT2D eigenvalue weighted by Gasteiger charge is -2.31. The Labute approximate surface area is 345 Å². The second kappa shape index (κ2) is 16.8. The monoisotopic (exact) mass is 833 g/mol. The highest BCUT2D eigenvalue weighted by atomic mass is 32.2. The molecule has 3 aromatic rings. The molecule has 2 aromatic carbocycles.